The van der Waals surface area contributed by atoms with E-state index in [4.69, 9.17) is 0 Å². The maximum atomic E-state index is 9.98. The summed E-state index contributed by atoms with van der Waals surface area (Å²) in [6, 6.07) is 0. The molecular weight excluding hydrogens is 339 g/mol. The minimum Gasteiger partial charge on any atom is -0.550 e. The summed E-state index contributed by atoms with van der Waals surface area (Å²) in [6.07, 6.45) is 4.91. The van der Waals surface area contributed by atoms with Crippen molar-refractivity contribution in [3.63, 3.8) is 0 Å². The fourth-order valence-electron chi connectivity index (χ4n) is 1.65. The number of rotatable bonds is 9. The van der Waals surface area contributed by atoms with E-state index in [0.717, 1.165) is 38.5 Å². The van der Waals surface area contributed by atoms with Crippen LogP contribution in [0.1, 0.15) is 80.1 Å². The minimum atomic E-state index is -0.938. The average Bonchev–Trinajstić information content (AvgIpc) is 2.49. The Balaban J connectivity index is -0.000000130. The van der Waals surface area contributed by atoms with E-state index in [-0.39, 0.29) is 35.1 Å². The van der Waals surface area contributed by atoms with Crippen molar-refractivity contribution in [1.82, 2.24) is 0 Å². The van der Waals surface area contributed by atoms with E-state index in [1.54, 1.807) is 20.8 Å². The SMILES string of the molecule is CCCC(C)C(=O)[O-].CCCC(C)C(=O)[O-].CCCC(C)C(=O)[O-].[Al+3]. The zero-order valence-electron chi connectivity index (χ0n) is 16.5. The molecule has 0 aliphatic rings. The zero-order valence-corrected chi connectivity index (χ0v) is 17.7. The van der Waals surface area contributed by atoms with Crippen LogP contribution in [0.3, 0.4) is 0 Å². The van der Waals surface area contributed by atoms with Gasteiger partial charge in [0.25, 0.3) is 0 Å². The third-order valence-electron chi connectivity index (χ3n) is 3.37. The Morgan fingerprint density at radius 1 is 0.600 bits per heavy atom. The van der Waals surface area contributed by atoms with Gasteiger partial charge in [-0.25, -0.2) is 0 Å². The molecule has 7 heteroatoms. The molecule has 3 atom stereocenters. The summed E-state index contributed by atoms with van der Waals surface area (Å²) in [7, 11) is 0. The van der Waals surface area contributed by atoms with Crippen LogP contribution in [0.4, 0.5) is 0 Å². The van der Waals surface area contributed by atoms with Crippen molar-refractivity contribution in [2.24, 2.45) is 17.8 Å². The van der Waals surface area contributed by atoms with E-state index in [1.165, 1.54) is 0 Å². The van der Waals surface area contributed by atoms with Crippen molar-refractivity contribution in [3.8, 4) is 0 Å². The fourth-order valence-corrected chi connectivity index (χ4v) is 1.65. The monoisotopic (exact) mass is 372 g/mol. The van der Waals surface area contributed by atoms with Gasteiger partial charge in [-0.1, -0.05) is 60.8 Å². The van der Waals surface area contributed by atoms with Crippen LogP contribution in [-0.4, -0.2) is 35.3 Å². The Morgan fingerprint density at radius 2 is 0.760 bits per heavy atom. The maximum absolute atomic E-state index is 9.98. The molecule has 0 saturated carbocycles. The van der Waals surface area contributed by atoms with Gasteiger partial charge in [-0.05, 0) is 37.0 Å². The number of aliphatic carboxylic acids is 3. The molecule has 25 heavy (non-hydrogen) atoms. The van der Waals surface area contributed by atoms with Crippen molar-refractivity contribution < 1.29 is 29.7 Å². The molecule has 0 aliphatic carbocycles. The molecule has 0 aromatic rings. The van der Waals surface area contributed by atoms with Crippen molar-refractivity contribution in [2.75, 3.05) is 0 Å². The largest absolute Gasteiger partial charge is 3.00 e. The van der Waals surface area contributed by atoms with Gasteiger partial charge in [-0.3, -0.25) is 0 Å². The predicted octanol–water partition coefficient (Wildman–Crippen LogP) is 0.137. The first kappa shape index (κ1) is 31.7. The summed E-state index contributed by atoms with van der Waals surface area (Å²) in [5, 5.41) is 29.9. The third-order valence-corrected chi connectivity index (χ3v) is 3.37. The number of carbonyl (C=O) groups is 3. The molecule has 6 nitrogen and oxygen atoms in total. The van der Waals surface area contributed by atoms with Gasteiger partial charge in [0.2, 0.25) is 0 Å². The summed E-state index contributed by atoms with van der Waals surface area (Å²) < 4.78 is 0. The summed E-state index contributed by atoms with van der Waals surface area (Å²) in [5.74, 6) is -3.65. The first-order valence-electron chi connectivity index (χ1n) is 8.67. The molecule has 0 heterocycles. The van der Waals surface area contributed by atoms with Crippen molar-refractivity contribution >= 4 is 35.3 Å². The molecule has 0 spiro atoms. The second-order valence-electron chi connectivity index (χ2n) is 6.03. The number of carbonyl (C=O) groups excluding carboxylic acids is 3. The van der Waals surface area contributed by atoms with Gasteiger partial charge in [0.05, 0.1) is 0 Å². The summed E-state index contributed by atoms with van der Waals surface area (Å²) in [5.41, 5.74) is 0. The molecule has 0 N–H and O–H groups in total. The van der Waals surface area contributed by atoms with E-state index in [2.05, 4.69) is 0 Å². The molecule has 0 bridgehead atoms. The average molecular weight is 372 g/mol. The van der Waals surface area contributed by atoms with Crippen LogP contribution in [0.5, 0.6) is 0 Å². The third kappa shape index (κ3) is 25.3. The Morgan fingerprint density at radius 3 is 0.800 bits per heavy atom. The van der Waals surface area contributed by atoms with Crippen LogP contribution in [0.25, 0.3) is 0 Å². The van der Waals surface area contributed by atoms with Gasteiger partial charge < -0.3 is 29.7 Å². The first-order chi connectivity index (χ1) is 11.0. The quantitative estimate of drug-likeness (QED) is 0.531. The molecule has 0 radical (unpaired) electrons. The molecular formula is C18H33AlO6. The van der Waals surface area contributed by atoms with Gasteiger partial charge in [-0.15, -0.1) is 0 Å². The zero-order chi connectivity index (χ0) is 19.7. The predicted molar refractivity (Wildman–Crippen MR) is 93.0 cm³/mol. The maximum Gasteiger partial charge on any atom is 3.00 e. The van der Waals surface area contributed by atoms with E-state index >= 15 is 0 Å². The van der Waals surface area contributed by atoms with Gasteiger partial charge in [0.15, 0.2) is 0 Å². The van der Waals surface area contributed by atoms with E-state index in [1.807, 2.05) is 20.8 Å². The molecule has 3 unspecified atom stereocenters. The number of carboxylic acids is 3. The summed E-state index contributed by atoms with van der Waals surface area (Å²) >= 11 is 0. The molecule has 0 aliphatic heterocycles. The fraction of sp³-hybridized carbons (Fsp3) is 0.833. The van der Waals surface area contributed by atoms with Crippen LogP contribution in [0, 0.1) is 17.8 Å². The second-order valence-corrected chi connectivity index (χ2v) is 6.03. The van der Waals surface area contributed by atoms with E-state index in [9.17, 15) is 29.7 Å². The van der Waals surface area contributed by atoms with Crippen LogP contribution in [0.15, 0.2) is 0 Å². The van der Waals surface area contributed by atoms with Crippen LogP contribution in [-0.2, 0) is 14.4 Å². The normalized spacial score (nSPS) is 12.7. The van der Waals surface area contributed by atoms with Gasteiger partial charge in [0.1, 0.15) is 0 Å². The Bertz CT molecular complexity index is 294. The number of hydrogen-bond donors (Lipinski definition) is 0. The molecule has 0 rings (SSSR count). The molecule has 0 amide bonds. The molecule has 0 aromatic carbocycles. The van der Waals surface area contributed by atoms with E-state index < -0.39 is 17.9 Å². The van der Waals surface area contributed by atoms with Crippen LogP contribution < -0.4 is 15.3 Å². The van der Waals surface area contributed by atoms with Crippen molar-refractivity contribution in [2.45, 2.75) is 80.1 Å². The first-order valence-corrected chi connectivity index (χ1v) is 8.67. The van der Waals surface area contributed by atoms with Gasteiger partial charge in [0, 0.05) is 17.9 Å². The number of carboxylic acid groups (broad SMARTS) is 3. The Kier molecular flexibility index (Phi) is 26.6. The molecule has 0 aromatic heterocycles. The molecule has 0 fully saturated rings. The van der Waals surface area contributed by atoms with Crippen molar-refractivity contribution in [1.29, 1.82) is 0 Å². The molecule has 0 saturated heterocycles. The topological polar surface area (TPSA) is 120 Å². The van der Waals surface area contributed by atoms with Crippen LogP contribution >= 0.6 is 0 Å². The standard InChI is InChI=1S/3C6H12O2.Al/c3*1-3-4-5(2)6(7)8;/h3*5H,3-4H2,1-2H3,(H,7,8);/q;;;+3/p-3. The van der Waals surface area contributed by atoms with Gasteiger partial charge in [-0.2, -0.15) is 0 Å². The Labute approximate surface area is 163 Å². The van der Waals surface area contributed by atoms with Gasteiger partial charge >= 0.3 is 17.4 Å². The second kappa shape index (κ2) is 21.0. The molecule has 144 valence electrons. The Hall–Kier alpha value is -1.06. The summed E-state index contributed by atoms with van der Waals surface area (Å²) in [4.78, 5) is 29.9. The smallest absolute Gasteiger partial charge is 0.550 e. The van der Waals surface area contributed by atoms with Crippen LogP contribution in [0.2, 0.25) is 0 Å². The minimum absolute atomic E-state index is 0. The van der Waals surface area contributed by atoms with E-state index in [0.29, 0.717) is 0 Å². The number of hydrogen-bond acceptors (Lipinski definition) is 6. The van der Waals surface area contributed by atoms with Crippen molar-refractivity contribution in [3.05, 3.63) is 0 Å². The summed E-state index contributed by atoms with van der Waals surface area (Å²) in [6.45, 7) is 10.9.